The molecule has 0 fully saturated rings. The standard InChI is InChI=1S/C15H11N3.ClH/c1-3-7-12(8-4-1)14-11-16-18-17-15(14)13-9-5-2-6-10-13;/h1-11H;1H. The van der Waals surface area contributed by atoms with Gasteiger partial charge in [0.2, 0.25) is 0 Å². The molecule has 4 heteroatoms. The molecule has 0 amide bonds. The first-order valence-corrected chi connectivity index (χ1v) is 5.74. The van der Waals surface area contributed by atoms with Crippen LogP contribution in [0.5, 0.6) is 0 Å². The van der Waals surface area contributed by atoms with Gasteiger partial charge in [-0.1, -0.05) is 60.7 Å². The SMILES string of the molecule is Cl.c1ccc(-c2cnnnc2-c2ccccc2)cc1. The Hall–Kier alpha value is -2.26. The Bertz CT molecular complexity index is 583. The summed E-state index contributed by atoms with van der Waals surface area (Å²) in [7, 11) is 0. The maximum Gasteiger partial charge on any atom is 0.104 e. The van der Waals surface area contributed by atoms with Crippen molar-refractivity contribution in [3.63, 3.8) is 0 Å². The molecule has 3 nitrogen and oxygen atoms in total. The van der Waals surface area contributed by atoms with Gasteiger partial charge in [0.1, 0.15) is 5.69 Å². The fourth-order valence-electron chi connectivity index (χ4n) is 1.91. The molecule has 0 bridgehead atoms. The normalized spacial score (nSPS) is 9.68. The summed E-state index contributed by atoms with van der Waals surface area (Å²) in [5.41, 5.74) is 4.00. The molecule has 0 radical (unpaired) electrons. The van der Waals surface area contributed by atoms with Crippen LogP contribution in [-0.2, 0) is 0 Å². The highest BCUT2D eigenvalue weighted by molar-refractivity contribution is 5.85. The number of hydrogen-bond acceptors (Lipinski definition) is 3. The molecule has 1 aromatic heterocycles. The molecule has 2 aromatic carbocycles. The summed E-state index contributed by atoms with van der Waals surface area (Å²) in [6.07, 6.45) is 1.75. The molecule has 3 aromatic rings. The van der Waals surface area contributed by atoms with Gasteiger partial charge in [0.25, 0.3) is 0 Å². The first-order chi connectivity index (χ1) is 8.95. The van der Waals surface area contributed by atoms with Crippen molar-refractivity contribution in [1.82, 2.24) is 15.4 Å². The second kappa shape index (κ2) is 6.07. The van der Waals surface area contributed by atoms with Crippen LogP contribution in [0.2, 0.25) is 0 Å². The molecule has 1 heterocycles. The van der Waals surface area contributed by atoms with Crippen LogP contribution in [0.25, 0.3) is 22.4 Å². The summed E-state index contributed by atoms with van der Waals surface area (Å²) in [6, 6.07) is 20.1. The van der Waals surface area contributed by atoms with Crippen LogP contribution in [0, 0.1) is 0 Å². The zero-order valence-electron chi connectivity index (χ0n) is 10.1. The van der Waals surface area contributed by atoms with Gasteiger partial charge in [0.15, 0.2) is 0 Å². The van der Waals surface area contributed by atoms with E-state index in [1.807, 2.05) is 60.7 Å². The molecule has 0 atom stereocenters. The van der Waals surface area contributed by atoms with Gasteiger partial charge in [-0.05, 0) is 10.8 Å². The predicted octanol–water partition coefficient (Wildman–Crippen LogP) is 3.63. The summed E-state index contributed by atoms with van der Waals surface area (Å²) >= 11 is 0. The van der Waals surface area contributed by atoms with Gasteiger partial charge in [0, 0.05) is 11.1 Å². The van der Waals surface area contributed by atoms with Crippen molar-refractivity contribution in [2.75, 3.05) is 0 Å². The van der Waals surface area contributed by atoms with Crippen LogP contribution in [0.1, 0.15) is 0 Å². The Morgan fingerprint density at radius 1 is 0.684 bits per heavy atom. The third-order valence-electron chi connectivity index (χ3n) is 2.77. The molecule has 0 aliphatic carbocycles. The molecule has 0 saturated heterocycles. The van der Waals surface area contributed by atoms with E-state index in [2.05, 4.69) is 15.4 Å². The van der Waals surface area contributed by atoms with Crippen LogP contribution in [-0.4, -0.2) is 15.4 Å². The lowest BCUT2D eigenvalue weighted by atomic mass is 10.0. The van der Waals surface area contributed by atoms with Gasteiger partial charge in [-0.2, -0.15) is 0 Å². The highest BCUT2D eigenvalue weighted by Gasteiger charge is 2.08. The number of aromatic nitrogens is 3. The van der Waals surface area contributed by atoms with E-state index < -0.39 is 0 Å². The van der Waals surface area contributed by atoms with Crippen molar-refractivity contribution >= 4 is 12.4 Å². The molecule has 94 valence electrons. The maximum absolute atomic E-state index is 4.16. The fraction of sp³-hybridized carbons (Fsp3) is 0. The van der Waals surface area contributed by atoms with Crippen molar-refractivity contribution in [2.24, 2.45) is 0 Å². The van der Waals surface area contributed by atoms with Crippen LogP contribution in [0.15, 0.2) is 66.9 Å². The average molecular weight is 270 g/mol. The Morgan fingerprint density at radius 2 is 1.26 bits per heavy atom. The smallest absolute Gasteiger partial charge is 0.104 e. The highest BCUT2D eigenvalue weighted by atomic mass is 35.5. The molecule has 0 N–H and O–H groups in total. The minimum atomic E-state index is 0. The largest absolute Gasteiger partial charge is 0.147 e. The third kappa shape index (κ3) is 2.77. The van der Waals surface area contributed by atoms with E-state index in [0.29, 0.717) is 0 Å². The number of nitrogens with zero attached hydrogens (tertiary/aromatic N) is 3. The molecular formula is C15H12ClN3. The van der Waals surface area contributed by atoms with E-state index in [1.165, 1.54) is 0 Å². The van der Waals surface area contributed by atoms with Gasteiger partial charge in [-0.25, -0.2) is 0 Å². The van der Waals surface area contributed by atoms with Crippen molar-refractivity contribution < 1.29 is 0 Å². The van der Waals surface area contributed by atoms with Crippen molar-refractivity contribution in [3.05, 3.63) is 66.9 Å². The molecule has 3 rings (SSSR count). The van der Waals surface area contributed by atoms with E-state index in [-0.39, 0.29) is 12.4 Å². The lowest BCUT2D eigenvalue weighted by Gasteiger charge is -2.06. The minimum Gasteiger partial charge on any atom is -0.147 e. The molecule has 0 aliphatic rings. The van der Waals surface area contributed by atoms with Gasteiger partial charge in [0.05, 0.1) is 6.20 Å². The lowest BCUT2D eigenvalue weighted by Crippen LogP contribution is -1.94. The summed E-state index contributed by atoms with van der Waals surface area (Å²) in [5, 5.41) is 11.8. The van der Waals surface area contributed by atoms with E-state index >= 15 is 0 Å². The fourth-order valence-corrected chi connectivity index (χ4v) is 1.91. The van der Waals surface area contributed by atoms with Crippen molar-refractivity contribution in [2.45, 2.75) is 0 Å². The summed E-state index contributed by atoms with van der Waals surface area (Å²) < 4.78 is 0. The zero-order chi connectivity index (χ0) is 12.2. The number of benzene rings is 2. The van der Waals surface area contributed by atoms with Crippen LogP contribution in [0.3, 0.4) is 0 Å². The Labute approximate surface area is 117 Å². The molecule has 0 spiro atoms. The summed E-state index contributed by atoms with van der Waals surface area (Å²) in [4.78, 5) is 0. The summed E-state index contributed by atoms with van der Waals surface area (Å²) in [5.74, 6) is 0. The van der Waals surface area contributed by atoms with Crippen LogP contribution >= 0.6 is 12.4 Å². The number of halogens is 1. The Balaban J connectivity index is 0.00000133. The number of rotatable bonds is 2. The van der Waals surface area contributed by atoms with Gasteiger partial charge in [-0.15, -0.1) is 22.6 Å². The topological polar surface area (TPSA) is 38.7 Å². The van der Waals surface area contributed by atoms with Gasteiger partial charge in [-0.3, -0.25) is 0 Å². The van der Waals surface area contributed by atoms with E-state index in [1.54, 1.807) is 6.20 Å². The van der Waals surface area contributed by atoms with Crippen molar-refractivity contribution in [1.29, 1.82) is 0 Å². The van der Waals surface area contributed by atoms with Gasteiger partial charge < -0.3 is 0 Å². The van der Waals surface area contributed by atoms with Crippen LogP contribution in [0.4, 0.5) is 0 Å². The Kier molecular flexibility index (Phi) is 4.21. The number of hydrogen-bond donors (Lipinski definition) is 0. The summed E-state index contributed by atoms with van der Waals surface area (Å²) in [6.45, 7) is 0. The molecule has 0 aliphatic heterocycles. The van der Waals surface area contributed by atoms with Crippen LogP contribution < -0.4 is 0 Å². The minimum absolute atomic E-state index is 0. The third-order valence-corrected chi connectivity index (χ3v) is 2.77. The molecule has 0 saturated carbocycles. The van der Waals surface area contributed by atoms with E-state index in [9.17, 15) is 0 Å². The first-order valence-electron chi connectivity index (χ1n) is 5.74. The lowest BCUT2D eigenvalue weighted by molar-refractivity contribution is 0.873. The second-order valence-electron chi connectivity index (χ2n) is 3.93. The predicted molar refractivity (Wildman–Crippen MR) is 77.9 cm³/mol. The quantitative estimate of drug-likeness (QED) is 0.713. The van der Waals surface area contributed by atoms with E-state index in [0.717, 1.165) is 22.4 Å². The monoisotopic (exact) mass is 269 g/mol. The highest BCUT2D eigenvalue weighted by Crippen LogP contribution is 2.28. The van der Waals surface area contributed by atoms with E-state index in [4.69, 9.17) is 0 Å². The van der Waals surface area contributed by atoms with Gasteiger partial charge >= 0.3 is 0 Å². The molecular weight excluding hydrogens is 258 g/mol. The second-order valence-corrected chi connectivity index (χ2v) is 3.93. The first kappa shape index (κ1) is 13.2. The maximum atomic E-state index is 4.16. The molecule has 19 heavy (non-hydrogen) atoms. The average Bonchev–Trinajstić information content (AvgIpc) is 2.49. The van der Waals surface area contributed by atoms with Crippen molar-refractivity contribution in [3.8, 4) is 22.4 Å². The zero-order valence-corrected chi connectivity index (χ0v) is 10.9. The Morgan fingerprint density at radius 3 is 1.89 bits per heavy atom. The molecule has 0 unspecified atom stereocenters.